The standard InChI is InChI=1S/C15H30N4/c1-18(14-8-4-5-9-14)13-10-17-15(16)19-11-6-2-3-7-12-19/h14H,2-13H2,1H3,(H2,16,17). The number of aliphatic imine (C=N–C) groups is 1. The Hall–Kier alpha value is -0.770. The van der Waals surface area contributed by atoms with Crippen molar-refractivity contribution in [2.24, 2.45) is 10.7 Å². The summed E-state index contributed by atoms with van der Waals surface area (Å²) in [6.45, 7) is 4.07. The van der Waals surface area contributed by atoms with Gasteiger partial charge >= 0.3 is 0 Å². The fourth-order valence-electron chi connectivity index (χ4n) is 3.25. The van der Waals surface area contributed by atoms with Gasteiger partial charge in [-0.05, 0) is 32.7 Å². The summed E-state index contributed by atoms with van der Waals surface area (Å²) in [5.74, 6) is 0.765. The van der Waals surface area contributed by atoms with Crippen LogP contribution in [-0.2, 0) is 0 Å². The molecule has 1 saturated carbocycles. The smallest absolute Gasteiger partial charge is 0.191 e. The molecule has 0 amide bonds. The fourth-order valence-corrected chi connectivity index (χ4v) is 3.25. The Balaban J connectivity index is 1.71. The van der Waals surface area contributed by atoms with Crippen molar-refractivity contribution in [1.82, 2.24) is 9.80 Å². The van der Waals surface area contributed by atoms with Crippen LogP contribution in [0.3, 0.4) is 0 Å². The number of nitrogens with zero attached hydrogens (tertiary/aromatic N) is 3. The molecule has 0 bridgehead atoms. The maximum atomic E-state index is 6.11. The van der Waals surface area contributed by atoms with Crippen LogP contribution in [0.4, 0.5) is 0 Å². The third kappa shape index (κ3) is 4.68. The van der Waals surface area contributed by atoms with Crippen LogP contribution in [0.5, 0.6) is 0 Å². The van der Waals surface area contributed by atoms with Crippen molar-refractivity contribution in [3.8, 4) is 0 Å². The highest BCUT2D eigenvalue weighted by Crippen LogP contribution is 2.21. The second kappa shape index (κ2) is 7.73. The number of nitrogens with two attached hydrogens (primary N) is 1. The summed E-state index contributed by atoms with van der Waals surface area (Å²) in [6.07, 6.45) is 10.7. The van der Waals surface area contributed by atoms with Gasteiger partial charge in [-0.1, -0.05) is 25.7 Å². The Morgan fingerprint density at radius 3 is 2.37 bits per heavy atom. The van der Waals surface area contributed by atoms with Crippen molar-refractivity contribution < 1.29 is 0 Å². The van der Waals surface area contributed by atoms with E-state index in [1.54, 1.807) is 0 Å². The molecule has 1 aliphatic carbocycles. The van der Waals surface area contributed by atoms with E-state index in [2.05, 4.69) is 21.8 Å². The zero-order valence-electron chi connectivity index (χ0n) is 12.5. The van der Waals surface area contributed by atoms with E-state index >= 15 is 0 Å². The summed E-state index contributed by atoms with van der Waals surface area (Å²) in [5, 5.41) is 0. The van der Waals surface area contributed by atoms with Gasteiger partial charge in [0.25, 0.3) is 0 Å². The predicted octanol–water partition coefficient (Wildman–Crippen LogP) is 2.05. The zero-order valence-corrected chi connectivity index (χ0v) is 12.5. The highest BCUT2D eigenvalue weighted by atomic mass is 15.3. The molecule has 1 saturated heterocycles. The van der Waals surface area contributed by atoms with Crippen LogP contribution in [-0.4, -0.2) is 55.0 Å². The van der Waals surface area contributed by atoms with Gasteiger partial charge in [0.05, 0.1) is 6.54 Å². The van der Waals surface area contributed by atoms with E-state index in [0.29, 0.717) is 0 Å². The summed E-state index contributed by atoms with van der Waals surface area (Å²) < 4.78 is 0. The molecule has 110 valence electrons. The molecular weight excluding hydrogens is 236 g/mol. The molecule has 2 aliphatic rings. The fraction of sp³-hybridized carbons (Fsp3) is 0.933. The molecule has 0 aromatic heterocycles. The van der Waals surface area contributed by atoms with Gasteiger partial charge in [-0.3, -0.25) is 4.99 Å². The number of guanidine groups is 1. The maximum absolute atomic E-state index is 6.11. The van der Waals surface area contributed by atoms with Crippen LogP contribution in [0.1, 0.15) is 51.4 Å². The summed E-state index contributed by atoms with van der Waals surface area (Å²) in [4.78, 5) is 9.31. The first kappa shape index (κ1) is 14.6. The monoisotopic (exact) mass is 266 g/mol. The number of likely N-dealkylation sites (tertiary alicyclic amines) is 1. The normalized spacial score (nSPS) is 23.1. The molecule has 4 heteroatoms. The van der Waals surface area contributed by atoms with Crippen LogP contribution in [0.25, 0.3) is 0 Å². The average Bonchev–Trinajstić information content (AvgIpc) is 2.81. The first-order chi connectivity index (χ1) is 9.27. The summed E-state index contributed by atoms with van der Waals surface area (Å²) in [5.41, 5.74) is 6.11. The molecule has 2 rings (SSSR count). The van der Waals surface area contributed by atoms with E-state index in [9.17, 15) is 0 Å². The lowest BCUT2D eigenvalue weighted by Gasteiger charge is -2.24. The van der Waals surface area contributed by atoms with Crippen molar-refractivity contribution in [3.63, 3.8) is 0 Å². The average molecular weight is 266 g/mol. The van der Waals surface area contributed by atoms with Gasteiger partial charge in [0.15, 0.2) is 5.96 Å². The third-order valence-electron chi connectivity index (χ3n) is 4.60. The Morgan fingerprint density at radius 1 is 1.11 bits per heavy atom. The lowest BCUT2D eigenvalue weighted by Crippen LogP contribution is -2.39. The van der Waals surface area contributed by atoms with Crippen molar-refractivity contribution in [2.75, 3.05) is 33.2 Å². The van der Waals surface area contributed by atoms with Crippen molar-refractivity contribution >= 4 is 5.96 Å². The predicted molar refractivity (Wildman–Crippen MR) is 81.4 cm³/mol. The molecule has 0 spiro atoms. The van der Waals surface area contributed by atoms with Crippen LogP contribution >= 0.6 is 0 Å². The molecule has 1 heterocycles. The van der Waals surface area contributed by atoms with E-state index in [1.807, 2.05) is 0 Å². The Morgan fingerprint density at radius 2 is 1.74 bits per heavy atom. The van der Waals surface area contributed by atoms with Crippen molar-refractivity contribution in [1.29, 1.82) is 0 Å². The quantitative estimate of drug-likeness (QED) is 0.626. The van der Waals surface area contributed by atoms with Gasteiger partial charge in [0.1, 0.15) is 0 Å². The Labute approximate surface area is 118 Å². The van der Waals surface area contributed by atoms with Gasteiger partial charge in [0, 0.05) is 25.7 Å². The molecule has 19 heavy (non-hydrogen) atoms. The van der Waals surface area contributed by atoms with Gasteiger partial charge in [-0.15, -0.1) is 0 Å². The lowest BCUT2D eigenvalue weighted by atomic mass is 10.2. The van der Waals surface area contributed by atoms with E-state index in [0.717, 1.165) is 38.2 Å². The molecule has 1 aliphatic heterocycles. The maximum Gasteiger partial charge on any atom is 0.191 e. The van der Waals surface area contributed by atoms with Gasteiger partial charge < -0.3 is 15.5 Å². The zero-order chi connectivity index (χ0) is 13.5. The number of rotatable bonds is 4. The van der Waals surface area contributed by atoms with E-state index < -0.39 is 0 Å². The second-order valence-corrected chi connectivity index (χ2v) is 6.06. The largest absolute Gasteiger partial charge is 0.370 e. The number of hydrogen-bond acceptors (Lipinski definition) is 2. The Kier molecular flexibility index (Phi) is 5.95. The van der Waals surface area contributed by atoms with Crippen LogP contribution < -0.4 is 5.73 Å². The van der Waals surface area contributed by atoms with Crippen molar-refractivity contribution in [3.05, 3.63) is 0 Å². The molecule has 2 fully saturated rings. The minimum atomic E-state index is 0.765. The van der Waals surface area contributed by atoms with E-state index in [4.69, 9.17) is 5.73 Å². The molecule has 0 aromatic rings. The Bertz CT molecular complexity index is 276. The van der Waals surface area contributed by atoms with E-state index in [1.165, 1.54) is 51.4 Å². The molecular formula is C15H30N4. The van der Waals surface area contributed by atoms with Crippen LogP contribution in [0, 0.1) is 0 Å². The van der Waals surface area contributed by atoms with E-state index in [-0.39, 0.29) is 0 Å². The third-order valence-corrected chi connectivity index (χ3v) is 4.60. The molecule has 0 atom stereocenters. The summed E-state index contributed by atoms with van der Waals surface area (Å²) in [6, 6.07) is 0.787. The molecule has 0 unspecified atom stereocenters. The van der Waals surface area contributed by atoms with Gasteiger partial charge in [0.2, 0.25) is 0 Å². The summed E-state index contributed by atoms with van der Waals surface area (Å²) in [7, 11) is 2.23. The molecule has 2 N–H and O–H groups in total. The molecule has 0 radical (unpaired) electrons. The highest BCUT2D eigenvalue weighted by Gasteiger charge is 2.18. The second-order valence-electron chi connectivity index (χ2n) is 6.06. The molecule has 4 nitrogen and oxygen atoms in total. The number of likely N-dealkylation sites (N-methyl/N-ethyl adjacent to an activating group) is 1. The van der Waals surface area contributed by atoms with Gasteiger partial charge in [-0.2, -0.15) is 0 Å². The number of hydrogen-bond donors (Lipinski definition) is 1. The van der Waals surface area contributed by atoms with Crippen LogP contribution in [0.15, 0.2) is 4.99 Å². The molecule has 0 aromatic carbocycles. The highest BCUT2D eigenvalue weighted by molar-refractivity contribution is 5.78. The first-order valence-electron chi connectivity index (χ1n) is 8.02. The van der Waals surface area contributed by atoms with Crippen LogP contribution in [0.2, 0.25) is 0 Å². The SMILES string of the molecule is CN(CCN=C(N)N1CCCCCC1)C1CCCC1. The van der Waals surface area contributed by atoms with Gasteiger partial charge in [-0.25, -0.2) is 0 Å². The topological polar surface area (TPSA) is 44.9 Å². The first-order valence-corrected chi connectivity index (χ1v) is 8.02. The minimum Gasteiger partial charge on any atom is -0.370 e. The summed E-state index contributed by atoms with van der Waals surface area (Å²) >= 11 is 0. The van der Waals surface area contributed by atoms with Crippen molar-refractivity contribution in [2.45, 2.75) is 57.4 Å². The minimum absolute atomic E-state index is 0.765. The lowest BCUT2D eigenvalue weighted by molar-refractivity contribution is 0.252.